The second-order valence-corrected chi connectivity index (χ2v) is 8.15. The third-order valence-corrected chi connectivity index (χ3v) is 5.97. The van der Waals surface area contributed by atoms with Crippen molar-refractivity contribution in [2.75, 3.05) is 14.2 Å². The highest BCUT2D eigenvalue weighted by molar-refractivity contribution is 7.12. The number of benzene rings is 2. The Morgan fingerprint density at radius 1 is 0.903 bits per heavy atom. The Kier molecular flexibility index (Phi) is 8.24. The molecule has 1 atom stereocenters. The molecule has 3 rings (SSSR count). The standard InChI is InChI=1S/C25H27NO4S/c1-29-20-12-8-18(9-13-20)17-22(19-10-14-21(30-2)15-11-19)26-25(28)7-3-5-23(27)24-6-4-16-31-24/h4,6,8-16,22H,3,5,7,17H2,1-2H3,(H,26,28). The molecule has 5 nitrogen and oxygen atoms in total. The zero-order chi connectivity index (χ0) is 22.1. The van der Waals surface area contributed by atoms with Crippen molar-refractivity contribution in [2.24, 2.45) is 0 Å². The minimum atomic E-state index is -0.181. The van der Waals surface area contributed by atoms with E-state index in [1.807, 2.05) is 66.0 Å². The summed E-state index contributed by atoms with van der Waals surface area (Å²) < 4.78 is 10.5. The van der Waals surface area contributed by atoms with Gasteiger partial charge in [0.2, 0.25) is 5.91 Å². The number of carbonyl (C=O) groups excluding carboxylic acids is 2. The minimum Gasteiger partial charge on any atom is -0.497 e. The molecule has 6 heteroatoms. The molecule has 3 aromatic rings. The molecule has 0 aliphatic rings. The lowest BCUT2D eigenvalue weighted by Gasteiger charge is -2.20. The zero-order valence-electron chi connectivity index (χ0n) is 17.8. The molecule has 0 saturated heterocycles. The van der Waals surface area contributed by atoms with Crippen LogP contribution in [0.4, 0.5) is 0 Å². The van der Waals surface area contributed by atoms with Crippen LogP contribution in [0.3, 0.4) is 0 Å². The van der Waals surface area contributed by atoms with Gasteiger partial charge in [-0.15, -0.1) is 11.3 Å². The third kappa shape index (κ3) is 6.69. The molecule has 0 fully saturated rings. The van der Waals surface area contributed by atoms with Gasteiger partial charge in [0.1, 0.15) is 11.5 Å². The van der Waals surface area contributed by atoms with Gasteiger partial charge in [-0.05, 0) is 59.7 Å². The molecule has 2 aromatic carbocycles. The van der Waals surface area contributed by atoms with Crippen LogP contribution >= 0.6 is 11.3 Å². The summed E-state index contributed by atoms with van der Waals surface area (Å²) >= 11 is 1.44. The fourth-order valence-corrected chi connectivity index (χ4v) is 4.02. The summed E-state index contributed by atoms with van der Waals surface area (Å²) in [5.74, 6) is 1.59. The van der Waals surface area contributed by atoms with Gasteiger partial charge in [-0.25, -0.2) is 0 Å². The molecule has 1 aromatic heterocycles. The van der Waals surface area contributed by atoms with Crippen molar-refractivity contribution in [2.45, 2.75) is 31.7 Å². The van der Waals surface area contributed by atoms with Gasteiger partial charge >= 0.3 is 0 Å². The van der Waals surface area contributed by atoms with E-state index < -0.39 is 0 Å². The van der Waals surface area contributed by atoms with Crippen LogP contribution in [-0.4, -0.2) is 25.9 Å². The molecule has 1 unspecified atom stereocenters. The number of nitrogens with one attached hydrogen (secondary N) is 1. The molecule has 1 amide bonds. The van der Waals surface area contributed by atoms with E-state index >= 15 is 0 Å². The van der Waals surface area contributed by atoms with E-state index in [2.05, 4.69) is 5.32 Å². The van der Waals surface area contributed by atoms with Crippen LogP contribution < -0.4 is 14.8 Å². The monoisotopic (exact) mass is 437 g/mol. The van der Waals surface area contributed by atoms with E-state index in [0.29, 0.717) is 25.7 Å². The number of carbonyl (C=O) groups is 2. The molecule has 31 heavy (non-hydrogen) atoms. The molecule has 1 heterocycles. The predicted octanol–water partition coefficient (Wildman–Crippen LogP) is 5.22. The Balaban J connectivity index is 1.63. The number of amides is 1. The Bertz CT molecular complexity index is 966. The number of Topliss-reactive ketones (excluding diaryl/α,β-unsaturated/α-hetero) is 1. The fraction of sp³-hybridized carbons (Fsp3) is 0.280. The molecule has 0 aliphatic heterocycles. The maximum absolute atomic E-state index is 12.6. The number of thiophene rings is 1. The molecule has 1 N–H and O–H groups in total. The summed E-state index contributed by atoms with van der Waals surface area (Å²) in [5, 5.41) is 5.02. The molecule has 0 spiro atoms. The number of ketones is 1. The highest BCUT2D eigenvalue weighted by atomic mass is 32.1. The summed E-state index contributed by atoms with van der Waals surface area (Å²) in [6.45, 7) is 0. The summed E-state index contributed by atoms with van der Waals surface area (Å²) in [4.78, 5) is 25.5. The van der Waals surface area contributed by atoms with Gasteiger partial charge in [-0.1, -0.05) is 30.3 Å². The van der Waals surface area contributed by atoms with Crippen LogP contribution in [0.15, 0.2) is 66.0 Å². The normalized spacial score (nSPS) is 11.5. The lowest BCUT2D eigenvalue weighted by Crippen LogP contribution is -2.29. The maximum Gasteiger partial charge on any atom is 0.220 e. The van der Waals surface area contributed by atoms with Crippen LogP contribution in [0.2, 0.25) is 0 Å². The summed E-state index contributed by atoms with van der Waals surface area (Å²) in [7, 11) is 3.27. The zero-order valence-corrected chi connectivity index (χ0v) is 18.6. The van der Waals surface area contributed by atoms with Crippen molar-refractivity contribution in [1.29, 1.82) is 0 Å². The highest BCUT2D eigenvalue weighted by Crippen LogP contribution is 2.23. The summed E-state index contributed by atoms with van der Waals surface area (Å²) in [6.07, 6.45) is 1.86. The van der Waals surface area contributed by atoms with E-state index in [0.717, 1.165) is 27.5 Å². The predicted molar refractivity (Wildman–Crippen MR) is 123 cm³/mol. The van der Waals surface area contributed by atoms with Crippen molar-refractivity contribution in [3.63, 3.8) is 0 Å². The van der Waals surface area contributed by atoms with Gasteiger partial charge in [0, 0.05) is 12.8 Å². The van der Waals surface area contributed by atoms with Crippen molar-refractivity contribution < 1.29 is 19.1 Å². The number of hydrogen-bond acceptors (Lipinski definition) is 5. The van der Waals surface area contributed by atoms with Crippen LogP contribution in [0, 0.1) is 0 Å². The van der Waals surface area contributed by atoms with Gasteiger partial charge < -0.3 is 14.8 Å². The maximum atomic E-state index is 12.6. The molecule has 162 valence electrons. The molecule has 0 bridgehead atoms. The molecule has 0 radical (unpaired) electrons. The third-order valence-electron chi connectivity index (χ3n) is 5.06. The van der Waals surface area contributed by atoms with Crippen LogP contribution in [0.5, 0.6) is 11.5 Å². The second kappa shape index (κ2) is 11.3. The second-order valence-electron chi connectivity index (χ2n) is 7.20. The average Bonchev–Trinajstić information content (AvgIpc) is 3.34. The Hall–Kier alpha value is -3.12. The van der Waals surface area contributed by atoms with Gasteiger partial charge in [-0.3, -0.25) is 9.59 Å². The Labute approximate surface area is 187 Å². The smallest absolute Gasteiger partial charge is 0.220 e. The molecule has 0 aliphatic carbocycles. The van der Waals surface area contributed by atoms with E-state index in [1.165, 1.54) is 11.3 Å². The number of ether oxygens (including phenoxy) is 2. The first-order valence-electron chi connectivity index (χ1n) is 10.2. The average molecular weight is 438 g/mol. The van der Waals surface area contributed by atoms with E-state index in [4.69, 9.17) is 9.47 Å². The van der Waals surface area contributed by atoms with Gasteiger partial charge in [0.05, 0.1) is 25.1 Å². The van der Waals surface area contributed by atoms with Crippen molar-refractivity contribution in [3.8, 4) is 11.5 Å². The topological polar surface area (TPSA) is 64.6 Å². The largest absolute Gasteiger partial charge is 0.497 e. The number of methoxy groups -OCH3 is 2. The van der Waals surface area contributed by atoms with Crippen molar-refractivity contribution >= 4 is 23.0 Å². The van der Waals surface area contributed by atoms with Gasteiger partial charge in [-0.2, -0.15) is 0 Å². The highest BCUT2D eigenvalue weighted by Gasteiger charge is 2.16. The lowest BCUT2D eigenvalue weighted by atomic mass is 9.98. The number of rotatable bonds is 11. The SMILES string of the molecule is COc1ccc(CC(NC(=O)CCCC(=O)c2cccs2)c2ccc(OC)cc2)cc1. The van der Waals surface area contributed by atoms with Crippen molar-refractivity contribution in [1.82, 2.24) is 5.32 Å². The van der Waals surface area contributed by atoms with E-state index in [1.54, 1.807) is 14.2 Å². The fourth-order valence-electron chi connectivity index (χ4n) is 3.32. The Morgan fingerprint density at radius 2 is 1.55 bits per heavy atom. The van der Waals surface area contributed by atoms with Crippen LogP contribution in [-0.2, 0) is 11.2 Å². The first-order valence-corrected chi connectivity index (χ1v) is 11.1. The van der Waals surface area contributed by atoms with Crippen molar-refractivity contribution in [3.05, 3.63) is 82.0 Å². The van der Waals surface area contributed by atoms with Crippen LogP contribution in [0.1, 0.15) is 46.1 Å². The molecule has 0 saturated carbocycles. The van der Waals surface area contributed by atoms with E-state index in [9.17, 15) is 9.59 Å². The minimum absolute atomic E-state index is 0.0618. The first-order chi connectivity index (χ1) is 15.1. The summed E-state index contributed by atoms with van der Waals surface area (Å²) in [6, 6.07) is 19.1. The molecular weight excluding hydrogens is 410 g/mol. The first kappa shape index (κ1) is 22.6. The summed E-state index contributed by atoms with van der Waals surface area (Å²) in [5.41, 5.74) is 2.09. The number of hydrogen-bond donors (Lipinski definition) is 1. The van der Waals surface area contributed by atoms with Gasteiger partial charge in [0.15, 0.2) is 5.78 Å². The van der Waals surface area contributed by atoms with Crippen LogP contribution in [0.25, 0.3) is 0 Å². The lowest BCUT2D eigenvalue weighted by molar-refractivity contribution is -0.121. The molecular formula is C25H27NO4S. The van der Waals surface area contributed by atoms with Gasteiger partial charge in [0.25, 0.3) is 0 Å². The quantitative estimate of drug-likeness (QED) is 0.418. The van der Waals surface area contributed by atoms with E-state index in [-0.39, 0.29) is 17.7 Å². The Morgan fingerprint density at radius 3 is 2.13 bits per heavy atom.